The van der Waals surface area contributed by atoms with Crippen LogP contribution >= 0.6 is 15.9 Å². The van der Waals surface area contributed by atoms with Crippen LogP contribution in [0.5, 0.6) is 0 Å². The molecule has 0 radical (unpaired) electrons. The van der Waals surface area contributed by atoms with E-state index < -0.39 is 16.4 Å². The Hall–Kier alpha value is -2.07. The van der Waals surface area contributed by atoms with Crippen LogP contribution in [-0.4, -0.2) is 22.3 Å². The second-order valence-electron chi connectivity index (χ2n) is 2.96. The molecule has 0 bridgehead atoms. The minimum absolute atomic E-state index is 0.0536. The molecule has 1 aromatic carbocycles. The summed E-state index contributed by atoms with van der Waals surface area (Å²) in [6.07, 6.45) is 0.217. The lowest BCUT2D eigenvalue weighted by Crippen LogP contribution is -2.10. The van der Waals surface area contributed by atoms with Crippen molar-refractivity contribution in [2.75, 3.05) is 5.33 Å². The average molecular weight is 297 g/mol. The van der Waals surface area contributed by atoms with E-state index in [9.17, 15) is 19.7 Å². The summed E-state index contributed by atoms with van der Waals surface area (Å²) in [4.78, 5) is 32.3. The van der Waals surface area contributed by atoms with Crippen molar-refractivity contribution in [2.45, 2.75) is 0 Å². The predicted molar refractivity (Wildman–Crippen MR) is 61.3 cm³/mol. The fourth-order valence-corrected chi connectivity index (χ4v) is 1.63. The summed E-state index contributed by atoms with van der Waals surface area (Å²) in [6, 6.07) is 3.92. The Kier molecular flexibility index (Phi) is 4.06. The van der Waals surface area contributed by atoms with Crippen LogP contribution in [0.2, 0.25) is 0 Å². The van der Waals surface area contributed by atoms with Gasteiger partial charge in [-0.05, 0) is 6.07 Å². The van der Waals surface area contributed by atoms with E-state index in [1.165, 1.54) is 0 Å². The van der Waals surface area contributed by atoms with Gasteiger partial charge in [0.1, 0.15) is 5.56 Å². The van der Waals surface area contributed by atoms with Gasteiger partial charge in [-0.1, -0.05) is 15.9 Å². The van der Waals surface area contributed by atoms with Gasteiger partial charge in [0.2, 0.25) is 0 Å². The number of benzene rings is 1. The summed E-state index contributed by atoms with van der Waals surface area (Å²) < 4.78 is 0. The van der Waals surface area contributed by atoms with E-state index in [0.717, 1.165) is 12.1 Å². The third-order valence-corrected chi connectivity index (χ3v) is 2.57. The number of rotatable bonds is 4. The molecular weight excluding hydrogens is 292 g/mol. The molecule has 17 heavy (non-hydrogen) atoms. The van der Waals surface area contributed by atoms with E-state index in [0.29, 0.717) is 0 Å². The largest absolute Gasteiger partial charge is 0.298 e. The molecule has 0 amide bonds. The topological polar surface area (TPSA) is 101 Å². The molecule has 0 saturated heterocycles. The summed E-state index contributed by atoms with van der Waals surface area (Å²) in [5.41, 5.74) is -1.11. The normalized spacial score (nSPS) is 9.41. The minimum Gasteiger partial charge on any atom is -0.298 e. The number of hydrogen-bond donors (Lipinski definition) is 0. The molecule has 6 nitrogen and oxygen atoms in total. The lowest BCUT2D eigenvalue weighted by molar-refractivity contribution is -0.385. The summed E-state index contributed by atoms with van der Waals surface area (Å²) in [6.45, 7) is 0. The number of aldehydes is 1. The smallest absolute Gasteiger partial charge is 0.280 e. The number of Topliss-reactive ketones (excluding diaryl/α,β-unsaturated/α-hetero) is 1. The molecule has 0 fully saturated rings. The quantitative estimate of drug-likeness (QED) is 0.277. The van der Waals surface area contributed by atoms with E-state index in [-0.39, 0.29) is 28.3 Å². The predicted octanol–water partition coefficient (Wildman–Crippen LogP) is 1.86. The van der Waals surface area contributed by atoms with Crippen molar-refractivity contribution in [3.8, 4) is 6.07 Å². The Labute approximate surface area is 104 Å². The van der Waals surface area contributed by atoms with Crippen molar-refractivity contribution in [3.63, 3.8) is 0 Å². The highest BCUT2D eigenvalue weighted by molar-refractivity contribution is 9.09. The number of nitrogens with zero attached hydrogens (tertiary/aromatic N) is 2. The van der Waals surface area contributed by atoms with E-state index >= 15 is 0 Å². The van der Waals surface area contributed by atoms with Gasteiger partial charge in [0, 0.05) is 6.07 Å². The molecule has 1 rings (SSSR count). The molecule has 0 N–H and O–H groups in total. The molecule has 0 aliphatic rings. The SMILES string of the molecule is N#Cc1ccc([N+](=O)[O-])c(C=O)c1C(=O)CBr. The standard InChI is InChI=1S/C10H5BrN2O4/c11-3-9(15)10-6(4-12)1-2-8(13(16)17)7(10)5-14/h1-2,5H,3H2. The highest BCUT2D eigenvalue weighted by Crippen LogP contribution is 2.24. The van der Waals surface area contributed by atoms with E-state index in [2.05, 4.69) is 15.9 Å². The first kappa shape index (κ1) is 13.0. The van der Waals surface area contributed by atoms with Crippen molar-refractivity contribution in [1.29, 1.82) is 5.26 Å². The molecule has 86 valence electrons. The Balaban J connectivity index is 3.67. The molecule has 0 aliphatic heterocycles. The fourth-order valence-electron chi connectivity index (χ4n) is 1.35. The monoisotopic (exact) mass is 296 g/mol. The first-order valence-corrected chi connectivity index (χ1v) is 5.44. The second-order valence-corrected chi connectivity index (χ2v) is 3.53. The molecular formula is C10H5BrN2O4. The van der Waals surface area contributed by atoms with Crippen molar-refractivity contribution in [1.82, 2.24) is 0 Å². The number of nitro groups is 1. The lowest BCUT2D eigenvalue weighted by atomic mass is 9.98. The van der Waals surface area contributed by atoms with E-state index in [1.807, 2.05) is 0 Å². The van der Waals surface area contributed by atoms with Crippen LogP contribution in [0.1, 0.15) is 26.3 Å². The maximum absolute atomic E-state index is 11.6. The highest BCUT2D eigenvalue weighted by atomic mass is 79.9. The van der Waals surface area contributed by atoms with Gasteiger partial charge in [0.15, 0.2) is 12.1 Å². The number of nitro benzene ring substituents is 1. The summed E-state index contributed by atoms with van der Waals surface area (Å²) in [5.74, 6) is -0.549. The maximum Gasteiger partial charge on any atom is 0.280 e. The second kappa shape index (κ2) is 5.32. The molecule has 0 unspecified atom stereocenters. The zero-order valence-corrected chi connectivity index (χ0v) is 9.93. The zero-order chi connectivity index (χ0) is 13.0. The van der Waals surface area contributed by atoms with E-state index in [1.54, 1.807) is 6.07 Å². The van der Waals surface area contributed by atoms with Gasteiger partial charge in [0.25, 0.3) is 5.69 Å². The zero-order valence-electron chi connectivity index (χ0n) is 8.34. The van der Waals surface area contributed by atoms with Gasteiger partial charge < -0.3 is 0 Å². The number of alkyl halides is 1. The average Bonchev–Trinajstić information content (AvgIpc) is 2.35. The van der Waals surface area contributed by atoms with Crippen molar-refractivity contribution in [3.05, 3.63) is 38.9 Å². The van der Waals surface area contributed by atoms with Crippen molar-refractivity contribution < 1.29 is 14.5 Å². The highest BCUT2D eigenvalue weighted by Gasteiger charge is 2.24. The lowest BCUT2D eigenvalue weighted by Gasteiger charge is -2.04. The van der Waals surface area contributed by atoms with Gasteiger partial charge in [-0.2, -0.15) is 5.26 Å². The number of nitriles is 1. The molecule has 0 heterocycles. The number of carbonyl (C=O) groups excluding carboxylic acids is 2. The van der Waals surface area contributed by atoms with E-state index in [4.69, 9.17) is 5.26 Å². The number of hydrogen-bond acceptors (Lipinski definition) is 5. The molecule has 0 saturated carbocycles. The summed E-state index contributed by atoms with van der Waals surface area (Å²) in [7, 11) is 0. The Morgan fingerprint density at radius 3 is 2.65 bits per heavy atom. The van der Waals surface area contributed by atoms with Crippen LogP contribution in [-0.2, 0) is 0 Å². The molecule has 0 aliphatic carbocycles. The Bertz CT molecular complexity index is 548. The van der Waals surface area contributed by atoms with Gasteiger partial charge in [-0.15, -0.1) is 0 Å². The summed E-state index contributed by atoms with van der Waals surface area (Å²) >= 11 is 2.90. The molecule has 0 spiro atoms. The summed E-state index contributed by atoms with van der Waals surface area (Å²) in [5, 5.41) is 19.4. The number of ketones is 1. The van der Waals surface area contributed by atoms with Gasteiger partial charge in [-0.3, -0.25) is 19.7 Å². The van der Waals surface area contributed by atoms with Gasteiger partial charge in [0.05, 0.1) is 27.4 Å². The van der Waals surface area contributed by atoms with Crippen LogP contribution in [0.15, 0.2) is 12.1 Å². The van der Waals surface area contributed by atoms with Crippen molar-refractivity contribution >= 4 is 33.7 Å². The van der Waals surface area contributed by atoms with Crippen LogP contribution in [0.4, 0.5) is 5.69 Å². The third kappa shape index (κ3) is 2.37. The van der Waals surface area contributed by atoms with Crippen LogP contribution in [0, 0.1) is 21.4 Å². The van der Waals surface area contributed by atoms with Crippen molar-refractivity contribution in [2.24, 2.45) is 0 Å². The number of halogens is 1. The van der Waals surface area contributed by atoms with Crippen LogP contribution in [0.25, 0.3) is 0 Å². The minimum atomic E-state index is -0.768. The Morgan fingerprint density at radius 2 is 2.24 bits per heavy atom. The molecule has 7 heteroatoms. The van der Waals surface area contributed by atoms with Gasteiger partial charge >= 0.3 is 0 Å². The Morgan fingerprint density at radius 1 is 1.59 bits per heavy atom. The molecule has 1 aromatic rings. The molecule has 0 atom stereocenters. The van der Waals surface area contributed by atoms with Crippen LogP contribution < -0.4 is 0 Å². The third-order valence-electron chi connectivity index (χ3n) is 2.06. The maximum atomic E-state index is 11.6. The first-order chi connectivity index (χ1) is 8.06. The number of carbonyl (C=O) groups is 2. The molecule has 0 aromatic heterocycles. The van der Waals surface area contributed by atoms with Gasteiger partial charge in [-0.25, -0.2) is 0 Å². The fraction of sp³-hybridized carbons (Fsp3) is 0.100. The van der Waals surface area contributed by atoms with Crippen LogP contribution in [0.3, 0.4) is 0 Å². The first-order valence-electron chi connectivity index (χ1n) is 4.32.